The molecular weight excluding hydrogens is 314 g/mol. The second-order valence-electron chi connectivity index (χ2n) is 4.51. The number of imidazole rings is 1. The Morgan fingerprint density at radius 2 is 2.05 bits per heavy atom. The summed E-state index contributed by atoms with van der Waals surface area (Å²) in [5, 5.41) is 0.596. The fourth-order valence-corrected chi connectivity index (χ4v) is 2.94. The Morgan fingerprint density at radius 3 is 2.57 bits per heavy atom. The topological polar surface area (TPSA) is 73.2 Å². The predicted octanol–water partition coefficient (Wildman–Crippen LogP) is 1.74. The van der Waals surface area contributed by atoms with E-state index < -0.39 is 16.1 Å². The van der Waals surface area contributed by atoms with Crippen LogP contribution in [0.2, 0.25) is 5.02 Å². The van der Waals surface area contributed by atoms with Crippen molar-refractivity contribution >= 4 is 21.6 Å². The van der Waals surface area contributed by atoms with Gasteiger partial charge < -0.3 is 9.30 Å². The molecular formula is C13H16ClN3O3S. The van der Waals surface area contributed by atoms with E-state index in [9.17, 15) is 8.42 Å². The van der Waals surface area contributed by atoms with Gasteiger partial charge in [-0.15, -0.1) is 0 Å². The summed E-state index contributed by atoms with van der Waals surface area (Å²) in [6, 6.07) is 7.06. The van der Waals surface area contributed by atoms with Gasteiger partial charge in [-0.3, -0.25) is 0 Å². The summed E-state index contributed by atoms with van der Waals surface area (Å²) in [6.07, 6.45) is 2.47. The molecule has 1 aromatic carbocycles. The number of aromatic nitrogens is 2. The number of nitrogens with zero attached hydrogens (tertiary/aromatic N) is 2. The van der Waals surface area contributed by atoms with Crippen molar-refractivity contribution in [3.63, 3.8) is 0 Å². The molecule has 0 radical (unpaired) electrons. The smallest absolute Gasteiger partial charge is 0.259 e. The number of halogens is 1. The minimum absolute atomic E-state index is 0.0176. The zero-order valence-electron chi connectivity index (χ0n) is 11.7. The molecule has 0 aliphatic heterocycles. The highest BCUT2D eigenvalue weighted by atomic mass is 35.5. The molecule has 0 saturated carbocycles. The summed E-state index contributed by atoms with van der Waals surface area (Å²) in [5.41, 5.74) is 0.839. The van der Waals surface area contributed by atoms with Crippen molar-refractivity contribution in [2.24, 2.45) is 7.05 Å². The van der Waals surface area contributed by atoms with Crippen LogP contribution in [-0.2, 0) is 21.8 Å². The van der Waals surface area contributed by atoms with Crippen molar-refractivity contribution in [2.45, 2.75) is 11.1 Å². The largest absolute Gasteiger partial charge is 0.375 e. The van der Waals surface area contributed by atoms with Gasteiger partial charge in [-0.1, -0.05) is 23.7 Å². The molecule has 1 N–H and O–H groups in total. The number of rotatable bonds is 6. The molecule has 0 aliphatic rings. The first-order valence-electron chi connectivity index (χ1n) is 6.18. The third-order valence-corrected chi connectivity index (χ3v) is 4.50. The van der Waals surface area contributed by atoms with Gasteiger partial charge >= 0.3 is 0 Å². The Hall–Kier alpha value is -1.41. The Labute approximate surface area is 128 Å². The lowest BCUT2D eigenvalue weighted by molar-refractivity contribution is 0.107. The Bertz CT molecular complexity index is 698. The van der Waals surface area contributed by atoms with Crippen molar-refractivity contribution in [1.29, 1.82) is 0 Å². The fraction of sp³-hybridized carbons (Fsp3) is 0.308. The molecule has 21 heavy (non-hydrogen) atoms. The molecule has 0 saturated heterocycles. The third kappa shape index (κ3) is 4.04. The zero-order valence-corrected chi connectivity index (χ0v) is 13.2. The van der Waals surface area contributed by atoms with E-state index in [1.165, 1.54) is 19.6 Å². The Morgan fingerprint density at radius 1 is 1.38 bits per heavy atom. The first-order chi connectivity index (χ1) is 9.92. The van der Waals surface area contributed by atoms with Gasteiger partial charge in [-0.2, -0.15) is 0 Å². The lowest BCUT2D eigenvalue weighted by atomic mass is 10.1. The maximum absolute atomic E-state index is 12.1. The summed E-state index contributed by atoms with van der Waals surface area (Å²) in [7, 11) is -0.421. The molecule has 1 heterocycles. The van der Waals surface area contributed by atoms with Crippen molar-refractivity contribution < 1.29 is 13.2 Å². The zero-order chi connectivity index (χ0) is 15.5. The number of nitrogens with one attached hydrogen (secondary N) is 1. The molecule has 2 aromatic rings. The van der Waals surface area contributed by atoms with E-state index in [0.29, 0.717) is 5.02 Å². The fourth-order valence-electron chi connectivity index (χ4n) is 1.80. The molecule has 2 rings (SSSR count). The molecule has 0 fully saturated rings. The number of benzene rings is 1. The average Bonchev–Trinajstić information content (AvgIpc) is 2.89. The van der Waals surface area contributed by atoms with E-state index in [2.05, 4.69) is 9.71 Å². The molecule has 1 aromatic heterocycles. The van der Waals surface area contributed by atoms with Crippen LogP contribution in [0.4, 0.5) is 0 Å². The number of sulfonamides is 1. The van der Waals surface area contributed by atoms with E-state index in [4.69, 9.17) is 16.3 Å². The van der Waals surface area contributed by atoms with E-state index in [1.54, 1.807) is 35.9 Å². The van der Waals surface area contributed by atoms with Crippen LogP contribution in [0.15, 0.2) is 41.8 Å². The van der Waals surface area contributed by atoms with Crippen molar-refractivity contribution in [2.75, 3.05) is 13.7 Å². The molecule has 0 amide bonds. The van der Waals surface area contributed by atoms with E-state index in [1.807, 2.05) is 0 Å². The summed E-state index contributed by atoms with van der Waals surface area (Å²) in [4.78, 5) is 3.83. The third-order valence-electron chi connectivity index (χ3n) is 2.94. The van der Waals surface area contributed by atoms with E-state index in [-0.39, 0.29) is 11.6 Å². The highest BCUT2D eigenvalue weighted by Crippen LogP contribution is 2.19. The van der Waals surface area contributed by atoms with Crippen LogP contribution in [-0.4, -0.2) is 31.6 Å². The second kappa shape index (κ2) is 6.57. The summed E-state index contributed by atoms with van der Waals surface area (Å²) < 4.78 is 33.6. The molecule has 6 nitrogen and oxygen atoms in total. The minimum Gasteiger partial charge on any atom is -0.375 e. The van der Waals surface area contributed by atoms with Crippen LogP contribution in [0.1, 0.15) is 11.7 Å². The monoisotopic (exact) mass is 329 g/mol. The van der Waals surface area contributed by atoms with Crippen LogP contribution in [0.3, 0.4) is 0 Å². The standard InChI is InChI=1S/C13H16ClN3O3S/c1-17-8-13(15-9-17)21(18,19)16-7-12(20-2)10-3-5-11(14)6-4-10/h3-6,8-9,12,16H,7H2,1-2H3. The number of methoxy groups -OCH3 is 1. The second-order valence-corrected chi connectivity index (χ2v) is 6.66. The normalized spacial score (nSPS) is 13.3. The number of hydrogen-bond acceptors (Lipinski definition) is 4. The van der Waals surface area contributed by atoms with Crippen LogP contribution < -0.4 is 4.72 Å². The molecule has 0 aliphatic carbocycles. The number of hydrogen-bond donors (Lipinski definition) is 1. The highest BCUT2D eigenvalue weighted by molar-refractivity contribution is 7.89. The molecule has 114 valence electrons. The number of aryl methyl sites for hydroxylation is 1. The summed E-state index contributed by atoms with van der Waals surface area (Å²) >= 11 is 5.83. The van der Waals surface area contributed by atoms with E-state index >= 15 is 0 Å². The van der Waals surface area contributed by atoms with Gasteiger partial charge in [0.2, 0.25) is 0 Å². The minimum atomic E-state index is -3.65. The molecule has 1 atom stereocenters. The van der Waals surface area contributed by atoms with Gasteiger partial charge in [-0.25, -0.2) is 18.1 Å². The van der Waals surface area contributed by atoms with Crippen molar-refractivity contribution in [3.05, 3.63) is 47.4 Å². The van der Waals surface area contributed by atoms with Gasteiger partial charge in [0, 0.05) is 31.9 Å². The Kier molecular flexibility index (Phi) is 5.00. The van der Waals surface area contributed by atoms with Gasteiger partial charge in [0.25, 0.3) is 10.0 Å². The maximum Gasteiger partial charge on any atom is 0.259 e. The predicted molar refractivity (Wildman–Crippen MR) is 79.6 cm³/mol. The van der Waals surface area contributed by atoms with Crippen molar-refractivity contribution in [1.82, 2.24) is 14.3 Å². The molecule has 1 unspecified atom stereocenters. The first kappa shape index (κ1) is 16.0. The average molecular weight is 330 g/mol. The number of ether oxygens (including phenoxy) is 1. The quantitative estimate of drug-likeness (QED) is 0.876. The van der Waals surface area contributed by atoms with Crippen molar-refractivity contribution in [3.8, 4) is 0 Å². The van der Waals surface area contributed by atoms with Gasteiger partial charge in [0.05, 0.1) is 12.4 Å². The van der Waals surface area contributed by atoms with Crippen LogP contribution in [0.25, 0.3) is 0 Å². The Balaban J connectivity index is 2.08. The lowest BCUT2D eigenvalue weighted by Crippen LogP contribution is -2.29. The lowest BCUT2D eigenvalue weighted by Gasteiger charge is -2.16. The first-order valence-corrected chi connectivity index (χ1v) is 8.04. The van der Waals surface area contributed by atoms with Crippen LogP contribution in [0, 0.1) is 0 Å². The highest BCUT2D eigenvalue weighted by Gasteiger charge is 2.19. The molecule has 8 heteroatoms. The van der Waals surface area contributed by atoms with Crippen LogP contribution in [0.5, 0.6) is 0 Å². The van der Waals surface area contributed by atoms with Gasteiger partial charge in [-0.05, 0) is 17.7 Å². The summed E-state index contributed by atoms with van der Waals surface area (Å²) in [6.45, 7) is 0.108. The van der Waals surface area contributed by atoms with E-state index in [0.717, 1.165) is 5.56 Å². The summed E-state index contributed by atoms with van der Waals surface area (Å²) in [5.74, 6) is 0. The van der Waals surface area contributed by atoms with Gasteiger partial charge in [0.1, 0.15) is 0 Å². The SMILES string of the molecule is COC(CNS(=O)(=O)c1cn(C)cn1)c1ccc(Cl)cc1. The van der Waals surface area contributed by atoms with Gasteiger partial charge in [0.15, 0.2) is 5.03 Å². The molecule has 0 bridgehead atoms. The van der Waals surface area contributed by atoms with Crippen LogP contribution >= 0.6 is 11.6 Å². The molecule has 0 spiro atoms. The maximum atomic E-state index is 12.1.